The van der Waals surface area contributed by atoms with Crippen LogP contribution in [-0.4, -0.2) is 48.2 Å². The Bertz CT molecular complexity index is 308. The average molecular weight is 282 g/mol. The molecule has 0 saturated carbocycles. The molecule has 0 aromatic heterocycles. The lowest BCUT2D eigenvalue weighted by Gasteiger charge is -2.42. The van der Waals surface area contributed by atoms with Crippen LogP contribution in [0.1, 0.15) is 58.3 Å². The molecule has 2 aliphatic rings. The van der Waals surface area contributed by atoms with Crippen molar-refractivity contribution in [3.05, 3.63) is 0 Å². The summed E-state index contributed by atoms with van der Waals surface area (Å²) in [7, 11) is 0. The highest BCUT2D eigenvalue weighted by molar-refractivity contribution is 5.83. The van der Waals surface area contributed by atoms with Crippen LogP contribution in [0.25, 0.3) is 0 Å². The van der Waals surface area contributed by atoms with E-state index in [1.807, 2.05) is 4.90 Å². The molecule has 2 rings (SSSR count). The zero-order valence-corrected chi connectivity index (χ0v) is 12.9. The molecule has 2 saturated heterocycles. The molecular weight excluding hydrogens is 252 g/mol. The van der Waals surface area contributed by atoms with Crippen LogP contribution in [0.3, 0.4) is 0 Å². The molecular formula is C16H30N2O2. The van der Waals surface area contributed by atoms with Crippen molar-refractivity contribution in [3.8, 4) is 0 Å². The lowest BCUT2D eigenvalue weighted by Crippen LogP contribution is -2.53. The number of hydrogen-bond donors (Lipinski definition) is 2. The van der Waals surface area contributed by atoms with Crippen LogP contribution in [0.15, 0.2) is 0 Å². The maximum atomic E-state index is 13.2. The van der Waals surface area contributed by atoms with Gasteiger partial charge in [-0.2, -0.15) is 0 Å². The molecule has 2 fully saturated rings. The van der Waals surface area contributed by atoms with Crippen molar-refractivity contribution in [1.82, 2.24) is 10.2 Å². The van der Waals surface area contributed by atoms with Gasteiger partial charge in [-0.1, -0.05) is 26.2 Å². The summed E-state index contributed by atoms with van der Waals surface area (Å²) in [6, 6.07) is 0.0496. The molecule has 0 spiro atoms. The number of likely N-dealkylation sites (tertiary alicyclic amines) is 1. The van der Waals surface area contributed by atoms with Gasteiger partial charge >= 0.3 is 0 Å². The summed E-state index contributed by atoms with van der Waals surface area (Å²) < 4.78 is 0. The van der Waals surface area contributed by atoms with Gasteiger partial charge in [0.05, 0.1) is 18.1 Å². The molecule has 0 aromatic rings. The predicted molar refractivity (Wildman–Crippen MR) is 80.5 cm³/mol. The molecule has 0 aliphatic carbocycles. The fourth-order valence-electron chi connectivity index (χ4n) is 3.89. The molecule has 1 amide bonds. The Morgan fingerprint density at radius 2 is 2.05 bits per heavy atom. The molecule has 2 N–H and O–H groups in total. The number of amides is 1. The van der Waals surface area contributed by atoms with Crippen LogP contribution in [0, 0.1) is 5.41 Å². The minimum atomic E-state index is -0.169. The molecule has 1 unspecified atom stereocenters. The average Bonchev–Trinajstić information content (AvgIpc) is 2.72. The van der Waals surface area contributed by atoms with Crippen molar-refractivity contribution in [2.75, 3.05) is 26.2 Å². The fraction of sp³-hybridized carbons (Fsp3) is 0.938. The molecule has 0 bridgehead atoms. The van der Waals surface area contributed by atoms with E-state index < -0.39 is 0 Å². The Labute approximate surface area is 122 Å². The Morgan fingerprint density at radius 1 is 1.30 bits per heavy atom. The van der Waals surface area contributed by atoms with Crippen molar-refractivity contribution in [1.29, 1.82) is 0 Å². The van der Waals surface area contributed by atoms with E-state index >= 15 is 0 Å². The number of piperidine rings is 1. The summed E-state index contributed by atoms with van der Waals surface area (Å²) in [6.07, 6.45) is 8.32. The van der Waals surface area contributed by atoms with E-state index in [0.29, 0.717) is 5.91 Å². The van der Waals surface area contributed by atoms with Gasteiger partial charge in [-0.25, -0.2) is 0 Å². The highest BCUT2D eigenvalue weighted by atomic mass is 16.3. The summed E-state index contributed by atoms with van der Waals surface area (Å²) in [6.45, 7) is 5.02. The SMILES string of the molecule is CCCC1(C(=O)N2CCCCCC2CO)CCNCC1. The largest absolute Gasteiger partial charge is 0.394 e. The van der Waals surface area contributed by atoms with Crippen molar-refractivity contribution in [2.45, 2.75) is 64.3 Å². The maximum Gasteiger partial charge on any atom is 0.229 e. The number of aliphatic hydroxyl groups is 1. The van der Waals surface area contributed by atoms with Crippen molar-refractivity contribution in [3.63, 3.8) is 0 Å². The van der Waals surface area contributed by atoms with E-state index in [2.05, 4.69) is 12.2 Å². The van der Waals surface area contributed by atoms with Crippen molar-refractivity contribution < 1.29 is 9.90 Å². The van der Waals surface area contributed by atoms with E-state index in [9.17, 15) is 9.90 Å². The van der Waals surface area contributed by atoms with Crippen LogP contribution in [0.5, 0.6) is 0 Å². The second-order valence-corrected chi connectivity index (χ2v) is 6.46. The third-order valence-electron chi connectivity index (χ3n) is 5.09. The summed E-state index contributed by atoms with van der Waals surface area (Å²) in [5, 5.41) is 13.0. The minimum Gasteiger partial charge on any atom is -0.394 e. The van der Waals surface area contributed by atoms with E-state index in [1.54, 1.807) is 0 Å². The lowest BCUT2D eigenvalue weighted by atomic mass is 9.74. The summed E-state index contributed by atoms with van der Waals surface area (Å²) >= 11 is 0. The number of nitrogens with zero attached hydrogens (tertiary/aromatic N) is 1. The minimum absolute atomic E-state index is 0.0496. The van der Waals surface area contributed by atoms with Gasteiger partial charge in [-0.3, -0.25) is 4.79 Å². The van der Waals surface area contributed by atoms with E-state index in [0.717, 1.165) is 64.6 Å². The summed E-state index contributed by atoms with van der Waals surface area (Å²) in [4.78, 5) is 15.2. The first-order valence-electron chi connectivity index (χ1n) is 8.36. The number of carbonyl (C=O) groups excluding carboxylic acids is 1. The Morgan fingerprint density at radius 3 is 2.70 bits per heavy atom. The first kappa shape index (κ1) is 15.8. The van der Waals surface area contributed by atoms with Crippen molar-refractivity contribution in [2.24, 2.45) is 5.41 Å². The fourth-order valence-corrected chi connectivity index (χ4v) is 3.89. The lowest BCUT2D eigenvalue weighted by molar-refractivity contribution is -0.147. The number of aliphatic hydroxyl groups excluding tert-OH is 1. The second-order valence-electron chi connectivity index (χ2n) is 6.46. The molecule has 4 nitrogen and oxygen atoms in total. The van der Waals surface area contributed by atoms with Gasteiger partial charge < -0.3 is 15.3 Å². The smallest absolute Gasteiger partial charge is 0.229 e. The van der Waals surface area contributed by atoms with Gasteiger partial charge in [-0.05, 0) is 45.2 Å². The summed E-state index contributed by atoms with van der Waals surface area (Å²) in [5.41, 5.74) is -0.169. The molecule has 20 heavy (non-hydrogen) atoms. The van der Waals surface area contributed by atoms with Gasteiger partial charge in [0.1, 0.15) is 0 Å². The molecule has 1 atom stereocenters. The number of rotatable bonds is 4. The maximum absolute atomic E-state index is 13.2. The van der Waals surface area contributed by atoms with Crippen LogP contribution in [0.4, 0.5) is 0 Å². The Balaban J connectivity index is 2.15. The molecule has 0 aromatic carbocycles. The van der Waals surface area contributed by atoms with Crippen molar-refractivity contribution >= 4 is 5.91 Å². The molecule has 0 radical (unpaired) electrons. The van der Waals surface area contributed by atoms with Gasteiger partial charge in [0.2, 0.25) is 5.91 Å². The first-order chi connectivity index (χ1) is 9.73. The van der Waals surface area contributed by atoms with Gasteiger partial charge in [0.15, 0.2) is 0 Å². The predicted octanol–water partition coefficient (Wildman–Crippen LogP) is 1.92. The van der Waals surface area contributed by atoms with Crippen LogP contribution < -0.4 is 5.32 Å². The quantitative estimate of drug-likeness (QED) is 0.828. The second kappa shape index (κ2) is 7.41. The van der Waals surface area contributed by atoms with Gasteiger partial charge in [0.25, 0.3) is 0 Å². The molecule has 2 heterocycles. The topological polar surface area (TPSA) is 52.6 Å². The highest BCUT2D eigenvalue weighted by Crippen LogP contribution is 2.37. The van der Waals surface area contributed by atoms with Crippen LogP contribution in [-0.2, 0) is 4.79 Å². The molecule has 2 aliphatic heterocycles. The third-order valence-corrected chi connectivity index (χ3v) is 5.09. The monoisotopic (exact) mass is 282 g/mol. The Kier molecular flexibility index (Phi) is 5.85. The number of hydrogen-bond acceptors (Lipinski definition) is 3. The van der Waals surface area contributed by atoms with E-state index in [4.69, 9.17) is 0 Å². The van der Waals surface area contributed by atoms with E-state index in [1.165, 1.54) is 6.42 Å². The number of carbonyl (C=O) groups is 1. The van der Waals surface area contributed by atoms with Gasteiger partial charge in [-0.15, -0.1) is 0 Å². The third kappa shape index (κ3) is 3.34. The first-order valence-corrected chi connectivity index (χ1v) is 8.36. The highest BCUT2D eigenvalue weighted by Gasteiger charge is 2.42. The zero-order chi connectivity index (χ0) is 14.4. The van der Waals surface area contributed by atoms with E-state index in [-0.39, 0.29) is 18.1 Å². The van der Waals surface area contributed by atoms with Crippen LogP contribution in [0.2, 0.25) is 0 Å². The number of nitrogens with one attached hydrogen (secondary N) is 1. The molecule has 4 heteroatoms. The standard InChI is InChI=1S/C16H30N2O2/c1-2-7-16(8-10-17-11-9-16)15(20)18-12-5-3-4-6-14(18)13-19/h14,17,19H,2-13H2,1H3. The molecule has 116 valence electrons. The normalized spacial score (nSPS) is 27.1. The summed E-state index contributed by atoms with van der Waals surface area (Å²) in [5.74, 6) is 0.321. The zero-order valence-electron chi connectivity index (χ0n) is 12.9. The Hall–Kier alpha value is -0.610. The van der Waals surface area contributed by atoms with Gasteiger partial charge in [0, 0.05) is 6.54 Å². The van der Waals surface area contributed by atoms with Crippen LogP contribution >= 0.6 is 0 Å².